The molecule has 3 nitrogen and oxygen atoms in total. The van der Waals surface area contributed by atoms with Gasteiger partial charge in [-0.3, -0.25) is 0 Å². The topological polar surface area (TPSA) is 59.1 Å². The zero-order valence-corrected chi connectivity index (χ0v) is 11.9. The molecule has 0 spiro atoms. The maximum absolute atomic E-state index is 9.43. The van der Waals surface area contributed by atoms with Gasteiger partial charge in [0.2, 0.25) is 0 Å². The average molecular weight is 292 g/mol. The lowest BCUT2D eigenvalue weighted by molar-refractivity contribution is 0.476. The number of hydrogen-bond acceptors (Lipinski definition) is 4. The third-order valence-corrected chi connectivity index (χ3v) is 3.81. The Bertz CT molecular complexity index is 867. The summed E-state index contributed by atoms with van der Waals surface area (Å²) in [5.41, 5.74) is 8.15. The molecule has 0 saturated heterocycles. The number of aromatic nitrogens is 1. The average Bonchev–Trinajstić information content (AvgIpc) is 2.87. The smallest absolute Gasteiger partial charge is 0.117 e. The summed E-state index contributed by atoms with van der Waals surface area (Å²) in [6.07, 6.45) is 3.64. The Morgan fingerprint density at radius 1 is 1.14 bits per heavy atom. The van der Waals surface area contributed by atoms with Crippen molar-refractivity contribution in [1.82, 2.24) is 4.98 Å². The van der Waals surface area contributed by atoms with Gasteiger partial charge in [0.05, 0.1) is 10.2 Å². The molecule has 0 aliphatic rings. The van der Waals surface area contributed by atoms with E-state index >= 15 is 0 Å². The summed E-state index contributed by atoms with van der Waals surface area (Å²) < 4.78 is 0.959. The fraction of sp³-hybridized carbons (Fsp3) is 0. The molecule has 1 heterocycles. The van der Waals surface area contributed by atoms with Crippen LogP contribution in [0.5, 0.6) is 5.75 Å². The van der Waals surface area contributed by atoms with Gasteiger partial charge in [-0.2, -0.15) is 0 Å². The first kappa shape index (κ1) is 13.2. The van der Waals surface area contributed by atoms with E-state index in [1.54, 1.807) is 24.3 Å². The number of rotatable bonds is 1. The zero-order chi connectivity index (χ0) is 14.7. The van der Waals surface area contributed by atoms with E-state index in [0.717, 1.165) is 26.5 Å². The van der Waals surface area contributed by atoms with E-state index in [1.165, 1.54) is 11.3 Å². The number of benzene rings is 2. The summed E-state index contributed by atoms with van der Waals surface area (Å²) in [4.78, 5) is 4.45. The number of anilines is 1. The highest BCUT2D eigenvalue weighted by Crippen LogP contribution is 2.26. The van der Waals surface area contributed by atoms with Gasteiger partial charge in [0, 0.05) is 11.3 Å². The van der Waals surface area contributed by atoms with Crippen LogP contribution in [-0.2, 0) is 0 Å². The Hall–Kier alpha value is -2.77. The largest absolute Gasteiger partial charge is 0.508 e. The molecule has 3 N–H and O–H groups in total. The highest BCUT2D eigenvalue weighted by Gasteiger charge is 2.01. The van der Waals surface area contributed by atoms with Gasteiger partial charge in [-0.05, 0) is 54.6 Å². The summed E-state index contributed by atoms with van der Waals surface area (Å²) in [5.74, 6) is 6.26. The van der Waals surface area contributed by atoms with E-state index in [1.807, 2.05) is 30.3 Å². The molecule has 0 atom stereocenters. The minimum absolute atomic E-state index is 0.254. The summed E-state index contributed by atoms with van der Waals surface area (Å²) >= 11 is 1.52. The number of phenolic OH excluding ortho intramolecular Hbond substituents is 1. The molecule has 4 heteroatoms. The molecule has 0 radical (unpaired) electrons. The summed E-state index contributed by atoms with van der Waals surface area (Å²) in [6.45, 7) is 0. The van der Waals surface area contributed by atoms with Gasteiger partial charge in [-0.1, -0.05) is 11.8 Å². The minimum Gasteiger partial charge on any atom is -0.508 e. The number of hydrogen-bond donors (Lipinski definition) is 2. The van der Waals surface area contributed by atoms with E-state index in [-0.39, 0.29) is 5.75 Å². The molecule has 1 aromatic heterocycles. The molecule has 3 aromatic rings. The van der Waals surface area contributed by atoms with Crippen LogP contribution < -0.4 is 5.73 Å². The molecule has 0 amide bonds. The Morgan fingerprint density at radius 3 is 2.76 bits per heavy atom. The Balaban J connectivity index is 1.77. The van der Waals surface area contributed by atoms with Crippen LogP contribution in [0.15, 0.2) is 48.5 Å². The molecule has 0 fully saturated rings. The summed E-state index contributed by atoms with van der Waals surface area (Å²) in [5, 5.41) is 10.3. The van der Waals surface area contributed by atoms with Gasteiger partial charge in [0.15, 0.2) is 0 Å². The minimum atomic E-state index is 0.254. The molecule has 21 heavy (non-hydrogen) atoms. The number of nitrogens with zero attached hydrogens (tertiary/aromatic N) is 1. The first-order valence-electron chi connectivity index (χ1n) is 6.34. The molecule has 0 saturated carbocycles. The second kappa shape index (κ2) is 5.70. The molecule has 102 valence electrons. The highest BCUT2D eigenvalue weighted by atomic mass is 32.1. The van der Waals surface area contributed by atoms with Gasteiger partial charge >= 0.3 is 0 Å². The summed E-state index contributed by atoms with van der Waals surface area (Å²) in [6, 6.07) is 12.6. The van der Waals surface area contributed by atoms with Crippen LogP contribution in [0.2, 0.25) is 0 Å². The van der Waals surface area contributed by atoms with Crippen molar-refractivity contribution in [2.24, 2.45) is 0 Å². The van der Waals surface area contributed by atoms with Gasteiger partial charge in [-0.15, -0.1) is 11.3 Å². The maximum atomic E-state index is 9.43. The van der Waals surface area contributed by atoms with Crippen LogP contribution in [0.25, 0.3) is 16.3 Å². The number of aromatic hydroxyl groups is 1. The van der Waals surface area contributed by atoms with Crippen molar-refractivity contribution < 1.29 is 5.11 Å². The molecule has 0 unspecified atom stereocenters. The number of nitrogens with two attached hydrogens (primary N) is 1. The molecule has 2 aromatic carbocycles. The van der Waals surface area contributed by atoms with Crippen molar-refractivity contribution >= 4 is 33.3 Å². The first-order chi connectivity index (χ1) is 10.2. The van der Waals surface area contributed by atoms with E-state index in [0.29, 0.717) is 0 Å². The maximum Gasteiger partial charge on any atom is 0.117 e. The fourth-order valence-electron chi connectivity index (χ4n) is 1.81. The third-order valence-electron chi connectivity index (χ3n) is 2.82. The molecule has 0 aliphatic heterocycles. The van der Waals surface area contributed by atoms with Crippen molar-refractivity contribution in [2.75, 3.05) is 5.73 Å². The summed E-state index contributed by atoms with van der Waals surface area (Å²) in [7, 11) is 0. The number of nitrogen functional groups attached to an aromatic ring is 1. The molecule has 3 rings (SSSR count). The first-order valence-corrected chi connectivity index (χ1v) is 7.15. The van der Waals surface area contributed by atoms with E-state index in [2.05, 4.69) is 16.8 Å². The van der Waals surface area contributed by atoms with Crippen molar-refractivity contribution in [2.45, 2.75) is 0 Å². The van der Waals surface area contributed by atoms with Gasteiger partial charge in [-0.25, -0.2) is 4.98 Å². The van der Waals surface area contributed by atoms with E-state index in [9.17, 15) is 5.11 Å². The highest BCUT2D eigenvalue weighted by molar-refractivity contribution is 7.19. The van der Waals surface area contributed by atoms with Crippen molar-refractivity contribution in [1.29, 1.82) is 0 Å². The predicted molar refractivity (Wildman–Crippen MR) is 88.1 cm³/mol. The van der Waals surface area contributed by atoms with E-state index in [4.69, 9.17) is 5.73 Å². The second-order valence-corrected chi connectivity index (χ2v) is 5.49. The Labute approximate surface area is 126 Å². The van der Waals surface area contributed by atoms with Gasteiger partial charge < -0.3 is 10.8 Å². The predicted octanol–water partition coefficient (Wildman–Crippen LogP) is 3.65. The van der Waals surface area contributed by atoms with Crippen molar-refractivity contribution in [3.8, 4) is 17.6 Å². The van der Waals surface area contributed by atoms with Crippen LogP contribution >= 0.6 is 11.3 Å². The van der Waals surface area contributed by atoms with Gasteiger partial charge in [0.1, 0.15) is 10.8 Å². The normalized spacial score (nSPS) is 10.7. The van der Waals surface area contributed by atoms with Crippen LogP contribution in [0.4, 0.5) is 5.69 Å². The van der Waals surface area contributed by atoms with Crippen LogP contribution in [0, 0.1) is 11.8 Å². The van der Waals surface area contributed by atoms with Crippen LogP contribution in [0.3, 0.4) is 0 Å². The monoisotopic (exact) mass is 292 g/mol. The molecule has 0 bridgehead atoms. The van der Waals surface area contributed by atoms with Crippen molar-refractivity contribution in [3.63, 3.8) is 0 Å². The lowest BCUT2D eigenvalue weighted by atomic mass is 10.2. The van der Waals surface area contributed by atoms with Crippen LogP contribution in [0.1, 0.15) is 10.6 Å². The Morgan fingerprint density at radius 2 is 1.95 bits per heavy atom. The molecular weight excluding hydrogens is 280 g/mol. The molecule has 0 aliphatic carbocycles. The van der Waals surface area contributed by atoms with Crippen molar-refractivity contribution in [3.05, 3.63) is 59.1 Å². The number of allylic oxidation sites excluding steroid dienone is 1. The fourth-order valence-corrected chi connectivity index (χ4v) is 2.71. The standard InChI is InChI=1S/C17H12N2OS/c18-13-7-5-12(6-8-13)3-1-2-4-17-19-15-10-9-14(20)11-16(15)21-17/h2,4-11,20H,18H2/b4-2+. The second-order valence-electron chi connectivity index (χ2n) is 4.43. The SMILES string of the molecule is Nc1ccc(C#C/C=C/c2nc3ccc(O)cc3s2)cc1. The number of fused-ring (bicyclic) bond motifs is 1. The number of phenols is 1. The zero-order valence-electron chi connectivity index (χ0n) is 11.1. The quantitative estimate of drug-likeness (QED) is 0.531. The Kier molecular flexibility index (Phi) is 3.59. The lowest BCUT2D eigenvalue weighted by Gasteiger charge is -1.90. The lowest BCUT2D eigenvalue weighted by Crippen LogP contribution is -1.82. The molecular formula is C17H12N2OS. The van der Waals surface area contributed by atoms with Gasteiger partial charge in [0.25, 0.3) is 0 Å². The van der Waals surface area contributed by atoms with E-state index < -0.39 is 0 Å². The third kappa shape index (κ3) is 3.22. The number of thiazole rings is 1. The van der Waals surface area contributed by atoms with Crippen LogP contribution in [-0.4, -0.2) is 10.1 Å².